The summed E-state index contributed by atoms with van der Waals surface area (Å²) in [6.07, 6.45) is 2.68. The smallest absolute Gasteiger partial charge is 0.128 e. The van der Waals surface area contributed by atoms with Crippen LogP contribution in [0.5, 0.6) is 0 Å². The second kappa shape index (κ2) is 3.30. The molecule has 0 aliphatic heterocycles. The van der Waals surface area contributed by atoms with Crippen molar-refractivity contribution >= 4 is 22.5 Å². The highest BCUT2D eigenvalue weighted by molar-refractivity contribution is 6.31. The van der Waals surface area contributed by atoms with E-state index in [2.05, 4.69) is 9.97 Å². The summed E-state index contributed by atoms with van der Waals surface area (Å²) < 4.78 is 0. The predicted molar refractivity (Wildman–Crippen MR) is 53.9 cm³/mol. The molecule has 13 heavy (non-hydrogen) atoms. The molecule has 3 heteroatoms. The molecule has 0 N–H and O–H groups in total. The van der Waals surface area contributed by atoms with Crippen molar-refractivity contribution in [3.8, 4) is 0 Å². The average molecular weight is 193 g/mol. The van der Waals surface area contributed by atoms with E-state index < -0.39 is 0 Å². The third-order valence-electron chi connectivity index (χ3n) is 1.91. The fourth-order valence-corrected chi connectivity index (χ4v) is 1.37. The Kier molecular flexibility index (Phi) is 2.15. The second-order valence-corrected chi connectivity index (χ2v) is 3.28. The molecule has 0 bridgehead atoms. The van der Waals surface area contributed by atoms with Gasteiger partial charge in [-0.3, -0.25) is 0 Å². The summed E-state index contributed by atoms with van der Waals surface area (Å²) >= 11 is 5.85. The monoisotopic (exact) mass is 192 g/mol. The van der Waals surface area contributed by atoms with Crippen LogP contribution in [0.25, 0.3) is 10.9 Å². The quantitative estimate of drug-likeness (QED) is 0.695. The van der Waals surface area contributed by atoms with Crippen LogP contribution in [0.3, 0.4) is 0 Å². The van der Waals surface area contributed by atoms with E-state index in [9.17, 15) is 0 Å². The molecule has 1 heterocycles. The van der Waals surface area contributed by atoms with Crippen LogP contribution in [0, 0.1) is 0 Å². The van der Waals surface area contributed by atoms with Gasteiger partial charge < -0.3 is 0 Å². The molecule has 66 valence electrons. The van der Waals surface area contributed by atoms with Gasteiger partial charge in [0.25, 0.3) is 0 Å². The Morgan fingerprint density at radius 2 is 2.23 bits per heavy atom. The molecule has 0 atom stereocenters. The Hall–Kier alpha value is -1.15. The van der Waals surface area contributed by atoms with Crippen LogP contribution in [0.15, 0.2) is 24.4 Å². The molecule has 2 nitrogen and oxygen atoms in total. The zero-order chi connectivity index (χ0) is 9.26. The topological polar surface area (TPSA) is 25.8 Å². The number of benzene rings is 1. The van der Waals surface area contributed by atoms with Gasteiger partial charge in [-0.05, 0) is 18.2 Å². The number of hydrogen-bond acceptors (Lipinski definition) is 2. The fourth-order valence-electron chi connectivity index (χ4n) is 1.21. The van der Waals surface area contributed by atoms with Gasteiger partial charge in [-0.25, -0.2) is 9.97 Å². The molecule has 1 aromatic heterocycles. The first-order valence-electron chi connectivity index (χ1n) is 4.21. The third-order valence-corrected chi connectivity index (χ3v) is 2.15. The molecule has 0 saturated carbocycles. The van der Waals surface area contributed by atoms with E-state index in [1.807, 2.05) is 31.3 Å². The lowest BCUT2D eigenvalue weighted by Crippen LogP contribution is -1.91. The molecule has 0 spiro atoms. The van der Waals surface area contributed by atoms with Crippen LogP contribution in [-0.2, 0) is 6.42 Å². The van der Waals surface area contributed by atoms with Gasteiger partial charge in [0, 0.05) is 23.0 Å². The van der Waals surface area contributed by atoms with Crippen molar-refractivity contribution in [3.05, 3.63) is 35.2 Å². The molecule has 1 aromatic carbocycles. The molecule has 0 radical (unpaired) electrons. The minimum Gasteiger partial charge on any atom is -0.241 e. The Balaban J connectivity index is 2.68. The Bertz CT molecular complexity index is 440. The van der Waals surface area contributed by atoms with Gasteiger partial charge >= 0.3 is 0 Å². The molecular weight excluding hydrogens is 184 g/mol. The summed E-state index contributed by atoms with van der Waals surface area (Å²) in [6.45, 7) is 2.03. The average Bonchev–Trinajstić information content (AvgIpc) is 2.16. The zero-order valence-electron chi connectivity index (χ0n) is 7.29. The Labute approximate surface area is 81.6 Å². The first kappa shape index (κ1) is 8.45. The largest absolute Gasteiger partial charge is 0.241 e. The molecule has 0 saturated heterocycles. The maximum atomic E-state index is 5.85. The second-order valence-electron chi connectivity index (χ2n) is 2.84. The van der Waals surface area contributed by atoms with Crippen molar-refractivity contribution in [1.29, 1.82) is 0 Å². The summed E-state index contributed by atoms with van der Waals surface area (Å²) in [5, 5.41) is 1.75. The standard InChI is InChI=1S/C10H9ClN2/c1-2-10-12-6-7-3-4-8(11)5-9(7)13-10/h3-6H,2H2,1H3. The summed E-state index contributed by atoms with van der Waals surface area (Å²) in [4.78, 5) is 8.56. The van der Waals surface area contributed by atoms with Crippen molar-refractivity contribution in [2.75, 3.05) is 0 Å². The van der Waals surface area contributed by atoms with E-state index in [1.165, 1.54) is 0 Å². The van der Waals surface area contributed by atoms with Gasteiger partial charge in [0.2, 0.25) is 0 Å². The predicted octanol–water partition coefficient (Wildman–Crippen LogP) is 2.85. The van der Waals surface area contributed by atoms with Gasteiger partial charge in [0.1, 0.15) is 5.82 Å². The third kappa shape index (κ3) is 1.63. The highest BCUT2D eigenvalue weighted by atomic mass is 35.5. The van der Waals surface area contributed by atoms with Crippen LogP contribution in [-0.4, -0.2) is 9.97 Å². The summed E-state index contributed by atoms with van der Waals surface area (Å²) in [5.74, 6) is 0.856. The molecule has 0 fully saturated rings. The highest BCUT2D eigenvalue weighted by Crippen LogP contribution is 2.16. The van der Waals surface area contributed by atoms with Crippen molar-refractivity contribution in [3.63, 3.8) is 0 Å². The van der Waals surface area contributed by atoms with Crippen molar-refractivity contribution in [2.45, 2.75) is 13.3 Å². The lowest BCUT2D eigenvalue weighted by molar-refractivity contribution is 0.961. The molecule has 0 amide bonds. The fraction of sp³-hybridized carbons (Fsp3) is 0.200. The van der Waals surface area contributed by atoms with Crippen molar-refractivity contribution < 1.29 is 0 Å². The van der Waals surface area contributed by atoms with E-state index in [0.29, 0.717) is 5.02 Å². The summed E-state index contributed by atoms with van der Waals surface area (Å²) in [7, 11) is 0. The summed E-state index contributed by atoms with van der Waals surface area (Å²) in [6, 6.07) is 5.63. The normalized spacial score (nSPS) is 10.6. The van der Waals surface area contributed by atoms with Gasteiger partial charge in [-0.1, -0.05) is 18.5 Å². The number of fused-ring (bicyclic) bond motifs is 1. The summed E-state index contributed by atoms with van der Waals surface area (Å²) in [5.41, 5.74) is 0.916. The van der Waals surface area contributed by atoms with Crippen LogP contribution < -0.4 is 0 Å². The van der Waals surface area contributed by atoms with Crippen LogP contribution in [0.4, 0.5) is 0 Å². The van der Waals surface area contributed by atoms with E-state index in [4.69, 9.17) is 11.6 Å². The van der Waals surface area contributed by atoms with Crippen LogP contribution >= 0.6 is 11.6 Å². The number of aryl methyl sites for hydroxylation is 1. The van der Waals surface area contributed by atoms with Gasteiger partial charge in [0.05, 0.1) is 5.52 Å². The van der Waals surface area contributed by atoms with Gasteiger partial charge in [-0.15, -0.1) is 0 Å². The SMILES string of the molecule is CCc1ncc2ccc(Cl)cc2n1. The van der Waals surface area contributed by atoms with Crippen LogP contribution in [0.2, 0.25) is 5.02 Å². The number of halogens is 1. The maximum absolute atomic E-state index is 5.85. The van der Waals surface area contributed by atoms with Crippen molar-refractivity contribution in [1.82, 2.24) is 9.97 Å². The van der Waals surface area contributed by atoms with E-state index in [-0.39, 0.29) is 0 Å². The minimum absolute atomic E-state index is 0.716. The lowest BCUT2D eigenvalue weighted by atomic mass is 10.2. The maximum Gasteiger partial charge on any atom is 0.128 e. The van der Waals surface area contributed by atoms with Crippen LogP contribution in [0.1, 0.15) is 12.7 Å². The molecule has 2 aromatic rings. The molecule has 0 aliphatic rings. The first-order chi connectivity index (χ1) is 6.29. The van der Waals surface area contributed by atoms with E-state index >= 15 is 0 Å². The number of aromatic nitrogens is 2. The van der Waals surface area contributed by atoms with Crippen molar-refractivity contribution in [2.24, 2.45) is 0 Å². The molecular formula is C10H9ClN2. The Morgan fingerprint density at radius 1 is 1.38 bits per heavy atom. The van der Waals surface area contributed by atoms with E-state index in [1.54, 1.807) is 0 Å². The molecule has 0 unspecified atom stereocenters. The Morgan fingerprint density at radius 3 is 3.00 bits per heavy atom. The molecule has 0 aliphatic carbocycles. The van der Waals surface area contributed by atoms with Gasteiger partial charge in [-0.2, -0.15) is 0 Å². The number of nitrogens with zero attached hydrogens (tertiary/aromatic N) is 2. The van der Waals surface area contributed by atoms with Gasteiger partial charge in [0.15, 0.2) is 0 Å². The first-order valence-corrected chi connectivity index (χ1v) is 4.58. The lowest BCUT2D eigenvalue weighted by Gasteiger charge is -1.99. The number of hydrogen-bond donors (Lipinski definition) is 0. The van der Waals surface area contributed by atoms with E-state index in [0.717, 1.165) is 23.1 Å². The number of rotatable bonds is 1. The zero-order valence-corrected chi connectivity index (χ0v) is 8.04. The minimum atomic E-state index is 0.716. The molecule has 2 rings (SSSR count). The highest BCUT2D eigenvalue weighted by Gasteiger charge is 1.98.